The van der Waals surface area contributed by atoms with Gasteiger partial charge >= 0.3 is 0 Å². The van der Waals surface area contributed by atoms with Crippen molar-refractivity contribution in [1.82, 2.24) is 79.8 Å². The lowest BCUT2D eigenvalue weighted by atomic mass is 9.95. The zero-order valence-electron chi connectivity index (χ0n) is 68.5. The molecule has 0 saturated carbocycles. The van der Waals surface area contributed by atoms with Crippen LogP contribution in [0.4, 0.5) is 0 Å². The molecule has 0 fully saturated rings. The van der Waals surface area contributed by atoms with E-state index < -0.39 is 217 Å². The minimum Gasteiger partial charge on any atom is -0.508 e. The van der Waals surface area contributed by atoms with Crippen molar-refractivity contribution in [2.45, 2.75) is 217 Å². The molecular formula is C77H121N25O18. The number of rotatable bonds is 54. The van der Waals surface area contributed by atoms with Gasteiger partial charge in [-0.15, -0.1) is 0 Å². The molecule has 120 heavy (non-hydrogen) atoms. The van der Waals surface area contributed by atoms with Gasteiger partial charge in [0.15, 0.2) is 17.9 Å². The predicted octanol–water partition coefficient (Wildman–Crippen LogP) is -5.96. The van der Waals surface area contributed by atoms with E-state index in [1.54, 1.807) is 53.7 Å². The van der Waals surface area contributed by atoms with Crippen molar-refractivity contribution in [2.75, 3.05) is 26.2 Å². The fourth-order valence-corrected chi connectivity index (χ4v) is 12.0. The number of aliphatic hydroxyl groups excluding tert-OH is 1. The summed E-state index contributed by atoms with van der Waals surface area (Å²) in [7, 11) is 0. The number of phenols is 2. The zero-order chi connectivity index (χ0) is 90.0. The molecule has 3 rings (SSSR count). The number of carbonyl (C=O) groups excluding carboxylic acids is 15. The minimum absolute atomic E-state index is 0.0148. The number of hydrogen-bond donors (Lipinski definition) is 28. The first-order valence-electron chi connectivity index (χ1n) is 39.3. The van der Waals surface area contributed by atoms with Gasteiger partial charge < -0.3 is 135 Å². The van der Waals surface area contributed by atoms with E-state index in [0.717, 1.165) is 12.5 Å². The monoisotopic (exact) mass is 1680 g/mol. The molecule has 35 N–H and O–H groups in total. The number of primary amides is 3. The molecule has 0 aromatic heterocycles. The van der Waals surface area contributed by atoms with E-state index >= 15 is 0 Å². The lowest BCUT2D eigenvalue weighted by Crippen LogP contribution is -2.63. The van der Waals surface area contributed by atoms with Crippen LogP contribution in [-0.2, 0) is 86.5 Å². The van der Waals surface area contributed by atoms with E-state index in [-0.39, 0.29) is 120 Å². The van der Waals surface area contributed by atoms with Gasteiger partial charge in [-0.25, -0.2) is 0 Å². The van der Waals surface area contributed by atoms with Crippen molar-refractivity contribution >= 4 is 106 Å². The van der Waals surface area contributed by atoms with Crippen LogP contribution in [0.3, 0.4) is 0 Å². The highest BCUT2D eigenvalue weighted by Gasteiger charge is 2.40. The van der Waals surface area contributed by atoms with Gasteiger partial charge in [-0.05, 0) is 129 Å². The van der Waals surface area contributed by atoms with Crippen molar-refractivity contribution in [3.8, 4) is 11.5 Å². The van der Waals surface area contributed by atoms with E-state index in [4.69, 9.17) is 56.4 Å². The third kappa shape index (κ3) is 37.5. The number of nitrogens with one attached hydrogen (secondary N) is 18. The Morgan fingerprint density at radius 2 is 0.742 bits per heavy atom. The van der Waals surface area contributed by atoms with E-state index in [1.807, 2.05) is 0 Å². The van der Waals surface area contributed by atoms with Gasteiger partial charge in [-0.3, -0.25) is 88.1 Å². The molecule has 3 aromatic rings. The second-order valence-electron chi connectivity index (χ2n) is 29.5. The van der Waals surface area contributed by atoms with Gasteiger partial charge in [-0.1, -0.05) is 90.8 Å². The van der Waals surface area contributed by atoms with Crippen LogP contribution in [-0.4, -0.2) is 221 Å². The summed E-state index contributed by atoms with van der Waals surface area (Å²) in [5.41, 5.74) is 40.7. The highest BCUT2D eigenvalue weighted by atomic mass is 16.3. The Balaban J connectivity index is 1.94. The molecular weight excluding hydrogens is 1560 g/mol. The normalized spacial score (nSPS) is 14.5. The van der Waals surface area contributed by atoms with E-state index in [2.05, 4.69) is 79.8 Å². The predicted molar refractivity (Wildman–Crippen MR) is 440 cm³/mol. The fourth-order valence-electron chi connectivity index (χ4n) is 12.0. The van der Waals surface area contributed by atoms with Crippen LogP contribution in [0.25, 0.3) is 0 Å². The van der Waals surface area contributed by atoms with Crippen LogP contribution in [0.1, 0.15) is 153 Å². The first-order valence-corrected chi connectivity index (χ1v) is 39.3. The Labute approximate surface area is 695 Å². The molecule has 0 saturated heterocycles. The van der Waals surface area contributed by atoms with Gasteiger partial charge in [0.2, 0.25) is 82.7 Å². The number of aromatic hydroxyl groups is 2. The Kier molecular flexibility index (Phi) is 43.8. The van der Waals surface area contributed by atoms with Crippen LogP contribution < -0.4 is 120 Å². The second-order valence-corrected chi connectivity index (χ2v) is 29.5. The first-order chi connectivity index (χ1) is 56.6. The number of phenolic OH excluding ortho intramolecular Hbond substituents is 2. The fraction of sp³-hybridized carbons (Fsp3) is 0.532. The van der Waals surface area contributed by atoms with Crippen molar-refractivity contribution in [2.24, 2.45) is 57.9 Å². The number of aliphatic hydroxyl groups is 1. The summed E-state index contributed by atoms with van der Waals surface area (Å²) in [5, 5.41) is 91.8. The molecule has 0 aliphatic rings. The van der Waals surface area contributed by atoms with Crippen molar-refractivity contribution < 1.29 is 87.2 Å². The van der Waals surface area contributed by atoms with Crippen molar-refractivity contribution in [1.29, 1.82) is 16.2 Å². The summed E-state index contributed by atoms with van der Waals surface area (Å²) in [4.78, 5) is 209. The van der Waals surface area contributed by atoms with Gasteiger partial charge in [0.05, 0.1) is 19.1 Å². The van der Waals surface area contributed by atoms with Crippen LogP contribution in [0.2, 0.25) is 0 Å². The third-order valence-electron chi connectivity index (χ3n) is 19.1. The lowest BCUT2D eigenvalue weighted by molar-refractivity contribution is -0.138. The Morgan fingerprint density at radius 3 is 1.15 bits per heavy atom. The molecule has 43 heteroatoms. The molecule has 0 aliphatic heterocycles. The topological polar surface area (TPSA) is 751 Å². The molecule has 0 aliphatic carbocycles. The smallest absolute Gasteiger partial charge is 0.251 e. The summed E-state index contributed by atoms with van der Waals surface area (Å²) >= 11 is 0. The van der Waals surface area contributed by atoms with Gasteiger partial charge in [0, 0.05) is 51.0 Å². The number of carbonyl (C=O) groups is 15. The van der Waals surface area contributed by atoms with Crippen LogP contribution in [0, 0.1) is 34.0 Å². The zero-order valence-corrected chi connectivity index (χ0v) is 68.5. The van der Waals surface area contributed by atoms with Crippen LogP contribution >= 0.6 is 0 Å². The summed E-state index contributed by atoms with van der Waals surface area (Å²) in [5.74, 6) is -18.2. The average molecular weight is 1680 g/mol. The average Bonchev–Trinajstić information content (AvgIpc) is 0.834. The highest BCUT2D eigenvalue weighted by molar-refractivity contribution is 6.01. The Morgan fingerprint density at radius 1 is 0.383 bits per heavy atom. The highest BCUT2D eigenvalue weighted by Crippen LogP contribution is 2.18. The van der Waals surface area contributed by atoms with Gasteiger partial charge in [0.1, 0.15) is 78.0 Å². The van der Waals surface area contributed by atoms with E-state index in [9.17, 15) is 87.2 Å². The molecule has 43 nitrogen and oxygen atoms in total. The van der Waals surface area contributed by atoms with Gasteiger partial charge in [0.25, 0.3) is 5.91 Å². The molecule has 14 atom stereocenters. The van der Waals surface area contributed by atoms with Gasteiger partial charge in [-0.2, -0.15) is 0 Å². The van der Waals surface area contributed by atoms with E-state index in [0.29, 0.717) is 11.1 Å². The maximum atomic E-state index is 14.7. The molecule has 3 aromatic carbocycles. The largest absolute Gasteiger partial charge is 0.508 e. The number of guanidine groups is 3. The molecule has 662 valence electrons. The SMILES string of the molecule is CC[C@H](C)[C@H](NC(=O)[C@H](Cc1ccc(O)cc1)NC(=O)CNC(=O)[C@H](CCCNC(=N)N)NC(=O)c1ccc(CN)cc1)C(=O)N[C@@H](CC(N)=O)C(=O)N[C@@H](CC(C)C)C(=O)N[C@H](C(=O)N[C@H](C(=O)N[C@@H](CCCNC(=N)N)C(=O)N[C@@H](CCC(N)=O)C(=O)N[C@@H](CCCNC(=N)N)C(=O)N[C@@H](Cc1ccc(O)cc1)C(N)=O)[C@@H](C)O)[C@@H](C)CC. The number of benzene rings is 3. The molecule has 0 heterocycles. The maximum Gasteiger partial charge on any atom is 0.251 e. The summed E-state index contributed by atoms with van der Waals surface area (Å²) < 4.78 is 0. The van der Waals surface area contributed by atoms with Crippen molar-refractivity contribution in [3.05, 3.63) is 95.1 Å². The summed E-state index contributed by atoms with van der Waals surface area (Å²) in [6.45, 7) is 10.5. The van der Waals surface area contributed by atoms with E-state index in [1.165, 1.54) is 60.7 Å². The maximum absolute atomic E-state index is 14.7. The number of amides is 15. The number of hydrogen-bond acceptors (Lipinski definition) is 22. The molecule has 0 spiro atoms. The molecule has 0 bridgehead atoms. The van der Waals surface area contributed by atoms with Crippen molar-refractivity contribution in [3.63, 3.8) is 0 Å². The second kappa shape index (κ2) is 52.0. The molecule has 15 amide bonds. The summed E-state index contributed by atoms with van der Waals surface area (Å²) in [6.07, 6.45) is -4.06. The molecule has 0 radical (unpaired) electrons. The number of nitrogens with two attached hydrogens (primary N) is 7. The standard InChI is InChI=1S/C77H121N25O18/c1-8-40(5)60(100-71(117)55(35-44-20-26-48(105)27-21-44)92-59(108)38-91-65(111)49(13-10-30-88-75(82)83)93-64(110)46-22-16-45(37-78)17-23-46)72(118)99-56(36-58(80)107)69(115)98-54(33-39(3)4)70(116)101-61(41(6)9-2)73(119)102-62(42(7)103)74(120)96-51(15-12-32-90-77(86)87)66(112)95-52(28-29-57(79)106)68(114)94-50(14-11-31-89-76(84)85)67(113)97-53(63(81)109)34-43-18-24-47(104)25-19-43/h16-27,39-42,49-56,60-62,103-105H,8-15,28-38,78H2,1-7H3,(H2,79,106)(H2,80,107)(H2,81,109)(H,91,111)(H,92,108)(H,93,110)(H,94,114)(H,95,112)(H,96,120)(H,97,113)(H,98,115)(H,99,118)(H,100,117)(H,101,116)(H,102,119)(H4,82,83,88)(H4,84,85,89)(H4,86,87,90)/t40-,41-,42+,49-,50-,51-,52-,53-,54-,55-,56-,60-,61-,62-/m0/s1. The molecule has 0 unspecified atom stereocenters. The van der Waals surface area contributed by atoms with Crippen LogP contribution in [0.5, 0.6) is 11.5 Å². The minimum atomic E-state index is -1.93. The quantitative estimate of drug-likeness (QED) is 0.0142. The van der Waals surface area contributed by atoms with Crippen LogP contribution in [0.15, 0.2) is 72.8 Å². The summed E-state index contributed by atoms with van der Waals surface area (Å²) in [6, 6.07) is 0.122. The lowest BCUT2D eigenvalue weighted by Gasteiger charge is -2.31. The Bertz CT molecular complexity index is 4000. The first kappa shape index (κ1) is 101. The third-order valence-corrected chi connectivity index (χ3v) is 19.1. The Hall–Kier alpha value is -13.0.